The molecule has 0 aliphatic carbocycles. The van der Waals surface area contributed by atoms with Crippen LogP contribution in [0.1, 0.15) is 11.1 Å². The molecule has 0 saturated carbocycles. The lowest BCUT2D eigenvalue weighted by Crippen LogP contribution is -2.01. The highest BCUT2D eigenvalue weighted by molar-refractivity contribution is 9.10. The number of nitriles is 1. The number of ether oxygens (including phenoxy) is 1. The van der Waals surface area contributed by atoms with Crippen molar-refractivity contribution in [3.8, 4) is 11.8 Å². The maximum absolute atomic E-state index is 13.2. The molecule has 0 aliphatic rings. The molecule has 0 fully saturated rings. The van der Waals surface area contributed by atoms with Crippen molar-refractivity contribution in [1.82, 2.24) is 0 Å². The Balaban J connectivity index is 2.15. The molecule has 0 spiro atoms. The molecule has 2 aromatic rings. The third kappa shape index (κ3) is 3.28. The van der Waals surface area contributed by atoms with Crippen molar-refractivity contribution in [3.63, 3.8) is 0 Å². The van der Waals surface area contributed by atoms with Crippen molar-refractivity contribution >= 4 is 21.6 Å². The van der Waals surface area contributed by atoms with Gasteiger partial charge in [0.05, 0.1) is 12.7 Å². The molecule has 0 bridgehead atoms. The lowest BCUT2D eigenvalue weighted by molar-refractivity contribution is 0.414. The third-order valence-electron chi connectivity index (χ3n) is 2.82. The van der Waals surface area contributed by atoms with E-state index in [4.69, 9.17) is 10.00 Å². The van der Waals surface area contributed by atoms with Gasteiger partial charge in [-0.3, -0.25) is 0 Å². The molecule has 102 valence electrons. The second-order valence-electron chi connectivity index (χ2n) is 4.12. The fourth-order valence-electron chi connectivity index (χ4n) is 1.73. The van der Waals surface area contributed by atoms with Crippen LogP contribution < -0.4 is 10.1 Å². The number of hydrogen-bond donors (Lipinski definition) is 1. The number of rotatable bonds is 4. The Morgan fingerprint density at radius 1 is 1.30 bits per heavy atom. The molecule has 2 aromatic carbocycles. The molecule has 20 heavy (non-hydrogen) atoms. The van der Waals surface area contributed by atoms with E-state index < -0.39 is 5.82 Å². The zero-order chi connectivity index (χ0) is 14.5. The maximum Gasteiger partial charge on any atom is 0.141 e. The summed E-state index contributed by atoms with van der Waals surface area (Å²) in [7, 11) is 1.61. The summed E-state index contributed by atoms with van der Waals surface area (Å²) in [6.45, 7) is 0.536. The average molecular weight is 335 g/mol. The van der Waals surface area contributed by atoms with Gasteiger partial charge >= 0.3 is 0 Å². The van der Waals surface area contributed by atoms with Crippen LogP contribution in [-0.2, 0) is 6.54 Å². The number of halogens is 2. The van der Waals surface area contributed by atoms with Crippen LogP contribution in [0.4, 0.5) is 10.1 Å². The molecule has 1 N–H and O–H groups in total. The third-order valence-corrected chi connectivity index (χ3v) is 3.60. The van der Waals surface area contributed by atoms with Crippen LogP contribution >= 0.6 is 15.9 Å². The lowest BCUT2D eigenvalue weighted by atomic mass is 10.2. The standard InChI is InChI=1S/C15H12BrFN2O/c1-20-13-3-4-14(16)11(7-13)9-19-12-2-5-15(17)10(6-12)8-18/h2-7,19H,9H2,1H3. The Morgan fingerprint density at radius 2 is 2.10 bits per heavy atom. The quantitative estimate of drug-likeness (QED) is 0.916. The summed E-state index contributed by atoms with van der Waals surface area (Å²) in [6.07, 6.45) is 0. The van der Waals surface area contributed by atoms with Gasteiger partial charge in [0.15, 0.2) is 0 Å². The number of nitrogens with one attached hydrogen (secondary N) is 1. The second kappa shape index (κ2) is 6.40. The molecular weight excluding hydrogens is 323 g/mol. The summed E-state index contributed by atoms with van der Waals surface area (Å²) < 4.78 is 19.3. The van der Waals surface area contributed by atoms with Gasteiger partial charge in [0.25, 0.3) is 0 Å². The molecule has 0 heterocycles. The van der Waals surface area contributed by atoms with Gasteiger partial charge in [-0.2, -0.15) is 5.26 Å². The monoisotopic (exact) mass is 334 g/mol. The van der Waals surface area contributed by atoms with Crippen LogP contribution in [0.2, 0.25) is 0 Å². The van der Waals surface area contributed by atoms with Gasteiger partial charge in [-0.1, -0.05) is 15.9 Å². The van der Waals surface area contributed by atoms with Crippen molar-refractivity contribution in [2.75, 3.05) is 12.4 Å². The molecular formula is C15H12BrFN2O. The van der Waals surface area contributed by atoms with E-state index in [0.717, 1.165) is 15.8 Å². The molecule has 5 heteroatoms. The van der Waals surface area contributed by atoms with E-state index in [2.05, 4.69) is 21.2 Å². The smallest absolute Gasteiger partial charge is 0.141 e. The molecule has 0 unspecified atom stereocenters. The molecule has 2 rings (SSSR count). The van der Waals surface area contributed by atoms with Crippen LogP contribution in [0.5, 0.6) is 5.75 Å². The van der Waals surface area contributed by atoms with Crippen LogP contribution in [0.15, 0.2) is 40.9 Å². The number of benzene rings is 2. The minimum atomic E-state index is -0.513. The van der Waals surface area contributed by atoms with Gasteiger partial charge in [0, 0.05) is 16.7 Å². The van der Waals surface area contributed by atoms with Gasteiger partial charge < -0.3 is 10.1 Å². The highest BCUT2D eigenvalue weighted by Crippen LogP contribution is 2.23. The first-order chi connectivity index (χ1) is 9.63. The van der Waals surface area contributed by atoms with Gasteiger partial charge in [-0.15, -0.1) is 0 Å². The Bertz CT molecular complexity index is 667. The van der Waals surface area contributed by atoms with E-state index in [1.165, 1.54) is 12.1 Å². The fraction of sp³-hybridized carbons (Fsp3) is 0.133. The maximum atomic E-state index is 13.2. The van der Waals surface area contributed by atoms with Crippen LogP contribution in [-0.4, -0.2) is 7.11 Å². The van der Waals surface area contributed by atoms with Gasteiger partial charge in [0.1, 0.15) is 17.6 Å². The Kier molecular flexibility index (Phi) is 4.59. The molecule has 0 atom stereocenters. The Morgan fingerprint density at radius 3 is 2.80 bits per heavy atom. The zero-order valence-electron chi connectivity index (χ0n) is 10.8. The van der Waals surface area contributed by atoms with Gasteiger partial charge in [0.2, 0.25) is 0 Å². The highest BCUT2D eigenvalue weighted by Gasteiger charge is 2.05. The summed E-state index contributed by atoms with van der Waals surface area (Å²) in [5.41, 5.74) is 1.73. The SMILES string of the molecule is COc1ccc(Br)c(CNc2ccc(F)c(C#N)c2)c1. The van der Waals surface area contributed by atoms with Crippen LogP contribution in [0.3, 0.4) is 0 Å². The van der Waals surface area contributed by atoms with Crippen molar-refractivity contribution in [1.29, 1.82) is 5.26 Å². The predicted octanol–water partition coefficient (Wildman–Crippen LogP) is 4.08. The first-order valence-corrected chi connectivity index (χ1v) is 6.69. The second-order valence-corrected chi connectivity index (χ2v) is 4.97. The van der Waals surface area contributed by atoms with E-state index in [1.54, 1.807) is 13.2 Å². The predicted molar refractivity (Wildman–Crippen MR) is 79.1 cm³/mol. The molecule has 0 aliphatic heterocycles. The highest BCUT2D eigenvalue weighted by atomic mass is 79.9. The first kappa shape index (κ1) is 14.4. The number of hydrogen-bond acceptors (Lipinski definition) is 3. The topological polar surface area (TPSA) is 45.0 Å². The molecule has 0 amide bonds. The lowest BCUT2D eigenvalue weighted by Gasteiger charge is -2.10. The molecule has 3 nitrogen and oxygen atoms in total. The van der Waals surface area contributed by atoms with E-state index in [9.17, 15) is 4.39 Å². The minimum absolute atomic E-state index is 0.0275. The molecule has 0 saturated heterocycles. The Hall–Kier alpha value is -2.06. The zero-order valence-corrected chi connectivity index (χ0v) is 12.4. The summed E-state index contributed by atoms with van der Waals surface area (Å²) in [4.78, 5) is 0. The summed E-state index contributed by atoms with van der Waals surface area (Å²) in [5.74, 6) is 0.252. The first-order valence-electron chi connectivity index (χ1n) is 5.90. The minimum Gasteiger partial charge on any atom is -0.497 e. The van der Waals surface area contributed by atoms with E-state index >= 15 is 0 Å². The Labute approximate surface area is 125 Å². The fourth-order valence-corrected chi connectivity index (χ4v) is 2.12. The van der Waals surface area contributed by atoms with Crippen molar-refractivity contribution in [2.24, 2.45) is 0 Å². The van der Waals surface area contributed by atoms with Crippen molar-refractivity contribution in [3.05, 3.63) is 57.8 Å². The summed E-state index contributed by atoms with van der Waals surface area (Å²) >= 11 is 3.47. The average Bonchev–Trinajstić information content (AvgIpc) is 2.47. The largest absolute Gasteiger partial charge is 0.497 e. The van der Waals surface area contributed by atoms with Crippen LogP contribution in [0.25, 0.3) is 0 Å². The normalized spacial score (nSPS) is 9.90. The summed E-state index contributed by atoms with van der Waals surface area (Å²) in [5, 5.41) is 12.0. The van der Waals surface area contributed by atoms with Gasteiger partial charge in [-0.05, 0) is 42.0 Å². The molecule has 0 radical (unpaired) electrons. The van der Waals surface area contributed by atoms with Crippen LogP contribution in [0, 0.1) is 17.1 Å². The number of nitrogens with zero attached hydrogens (tertiary/aromatic N) is 1. The number of methoxy groups -OCH3 is 1. The van der Waals surface area contributed by atoms with E-state index in [-0.39, 0.29) is 5.56 Å². The van der Waals surface area contributed by atoms with Gasteiger partial charge in [-0.25, -0.2) is 4.39 Å². The van der Waals surface area contributed by atoms with Crippen molar-refractivity contribution in [2.45, 2.75) is 6.54 Å². The van der Waals surface area contributed by atoms with Crippen molar-refractivity contribution < 1.29 is 9.13 Å². The van der Waals surface area contributed by atoms with E-state index in [0.29, 0.717) is 12.2 Å². The number of anilines is 1. The van der Waals surface area contributed by atoms with E-state index in [1.807, 2.05) is 24.3 Å². The summed E-state index contributed by atoms with van der Waals surface area (Å²) in [6, 6.07) is 11.9. The molecule has 0 aromatic heterocycles.